The van der Waals surface area contributed by atoms with Gasteiger partial charge in [0.1, 0.15) is 0 Å². The van der Waals surface area contributed by atoms with Crippen LogP contribution in [0.3, 0.4) is 0 Å². The first-order valence-electron chi connectivity index (χ1n) is 11.9. The highest BCUT2D eigenvalue weighted by atomic mass is 15.4. The molecule has 0 aromatic rings. The molecule has 7 aliphatic rings. The molecule has 0 N–H and O–H groups in total. The number of hydrogen-bond donors (Lipinski definition) is 0. The molecule has 7 rings (SSSR count). The van der Waals surface area contributed by atoms with Crippen LogP contribution < -0.4 is 0 Å². The predicted molar refractivity (Wildman–Crippen MR) is 104 cm³/mol. The van der Waals surface area contributed by atoms with Gasteiger partial charge in [0.25, 0.3) is 0 Å². The second-order valence-corrected chi connectivity index (χ2v) is 10.4. The Kier molecular flexibility index (Phi) is 3.08. The monoisotopic (exact) mass is 350 g/mol. The van der Waals surface area contributed by atoms with E-state index >= 15 is 0 Å². The topological polar surface area (TPSA) is 6.48 Å². The summed E-state index contributed by atoms with van der Waals surface area (Å²) in [6.45, 7) is 0. The summed E-state index contributed by atoms with van der Waals surface area (Å²) in [6.07, 6.45) is 21.8. The van der Waals surface area contributed by atoms with Crippen LogP contribution in [0.1, 0.15) is 83.5 Å². The Morgan fingerprint density at radius 2 is 1.46 bits per heavy atom. The lowest BCUT2D eigenvalue weighted by molar-refractivity contribution is 0.0254. The Morgan fingerprint density at radius 1 is 0.692 bits per heavy atom. The largest absolute Gasteiger partial charge is 0.365 e. The molecule has 3 heterocycles. The summed E-state index contributed by atoms with van der Waals surface area (Å²) in [5.41, 5.74) is 5.44. The van der Waals surface area contributed by atoms with E-state index < -0.39 is 0 Å². The van der Waals surface area contributed by atoms with E-state index in [-0.39, 0.29) is 0 Å². The number of nitrogens with zero attached hydrogens (tertiary/aromatic N) is 2. The van der Waals surface area contributed by atoms with E-state index in [1.165, 1.54) is 83.5 Å². The minimum atomic E-state index is 0.854. The van der Waals surface area contributed by atoms with Crippen molar-refractivity contribution in [1.82, 2.24) is 9.80 Å². The van der Waals surface area contributed by atoms with Gasteiger partial charge < -0.3 is 9.80 Å². The van der Waals surface area contributed by atoms with Crippen LogP contribution in [-0.2, 0) is 0 Å². The second-order valence-electron chi connectivity index (χ2n) is 10.4. The summed E-state index contributed by atoms with van der Waals surface area (Å²) in [7, 11) is 0. The van der Waals surface area contributed by atoms with E-state index in [1.54, 1.807) is 5.70 Å². The van der Waals surface area contributed by atoms with Crippen LogP contribution >= 0.6 is 0 Å². The van der Waals surface area contributed by atoms with E-state index in [0.717, 1.165) is 41.9 Å². The molecule has 4 aliphatic carbocycles. The van der Waals surface area contributed by atoms with E-state index in [0.29, 0.717) is 0 Å². The maximum Gasteiger partial charge on any atom is 0.0600 e. The Hall–Kier alpha value is -0.920. The van der Waals surface area contributed by atoms with Crippen LogP contribution in [0.25, 0.3) is 0 Å². The standard InChI is InChI=1S/C24H34N2/c1-3-11-19-15(7-1)17-9-5-13-21-23(17)25(19)22-14-6-10-18-16-8-2-4-12-20(16)26(21)24(18)22/h9,15-16,18-20,22,24H,1-8,10-14H2. The van der Waals surface area contributed by atoms with E-state index in [1.807, 2.05) is 11.3 Å². The fourth-order valence-corrected chi connectivity index (χ4v) is 8.95. The molecule has 2 saturated heterocycles. The quantitative estimate of drug-likeness (QED) is 0.591. The summed E-state index contributed by atoms with van der Waals surface area (Å²) in [4.78, 5) is 6.18. The Balaban J connectivity index is 1.42. The molecule has 3 saturated carbocycles. The second kappa shape index (κ2) is 5.32. The smallest absolute Gasteiger partial charge is 0.0600 e. The van der Waals surface area contributed by atoms with Crippen molar-refractivity contribution in [3.8, 4) is 0 Å². The van der Waals surface area contributed by atoms with Crippen LogP contribution in [0.4, 0.5) is 0 Å². The average molecular weight is 351 g/mol. The fourth-order valence-electron chi connectivity index (χ4n) is 8.95. The molecular weight excluding hydrogens is 316 g/mol. The zero-order chi connectivity index (χ0) is 16.8. The van der Waals surface area contributed by atoms with Crippen LogP contribution in [0, 0.1) is 17.8 Å². The van der Waals surface area contributed by atoms with Crippen molar-refractivity contribution in [2.24, 2.45) is 17.8 Å². The van der Waals surface area contributed by atoms with Crippen molar-refractivity contribution >= 4 is 0 Å². The lowest BCUT2D eigenvalue weighted by Gasteiger charge is -2.54. The molecule has 0 aromatic carbocycles. The van der Waals surface area contributed by atoms with Gasteiger partial charge in [-0.1, -0.05) is 38.2 Å². The molecular formula is C24H34N2. The minimum absolute atomic E-state index is 0.854. The van der Waals surface area contributed by atoms with Gasteiger partial charge in [-0.05, 0) is 68.8 Å². The molecule has 7 unspecified atom stereocenters. The van der Waals surface area contributed by atoms with Crippen molar-refractivity contribution in [2.45, 2.75) is 108 Å². The van der Waals surface area contributed by atoms with Gasteiger partial charge in [0.15, 0.2) is 0 Å². The Bertz CT molecular complexity index is 690. The van der Waals surface area contributed by atoms with Crippen molar-refractivity contribution in [1.29, 1.82) is 0 Å². The average Bonchev–Trinajstić information content (AvgIpc) is 3.22. The Labute approximate surface area is 158 Å². The molecule has 0 amide bonds. The normalized spacial score (nSPS) is 48.6. The summed E-state index contributed by atoms with van der Waals surface area (Å²) in [5.74, 6) is 2.93. The highest BCUT2D eigenvalue weighted by molar-refractivity contribution is 5.48. The zero-order valence-corrected chi connectivity index (χ0v) is 16.2. The molecule has 26 heavy (non-hydrogen) atoms. The van der Waals surface area contributed by atoms with Gasteiger partial charge in [-0.3, -0.25) is 0 Å². The number of allylic oxidation sites excluding steroid dienone is 3. The minimum Gasteiger partial charge on any atom is -0.365 e. The lowest BCUT2D eigenvalue weighted by atomic mass is 9.71. The van der Waals surface area contributed by atoms with Crippen molar-refractivity contribution in [3.63, 3.8) is 0 Å². The van der Waals surface area contributed by atoms with E-state index in [4.69, 9.17) is 0 Å². The van der Waals surface area contributed by atoms with Crippen LogP contribution in [0.2, 0.25) is 0 Å². The van der Waals surface area contributed by atoms with Gasteiger partial charge in [-0.15, -0.1) is 0 Å². The first-order valence-corrected chi connectivity index (χ1v) is 11.9. The van der Waals surface area contributed by atoms with E-state index in [9.17, 15) is 0 Å². The first kappa shape index (κ1) is 15.1. The molecule has 2 nitrogen and oxygen atoms in total. The van der Waals surface area contributed by atoms with Gasteiger partial charge in [-0.2, -0.15) is 0 Å². The third-order valence-electron chi connectivity index (χ3n) is 9.59. The summed E-state index contributed by atoms with van der Waals surface area (Å²) >= 11 is 0. The number of rotatable bonds is 0. The van der Waals surface area contributed by atoms with Gasteiger partial charge >= 0.3 is 0 Å². The lowest BCUT2D eigenvalue weighted by Crippen LogP contribution is -2.59. The first-order chi connectivity index (χ1) is 12.9. The summed E-state index contributed by atoms with van der Waals surface area (Å²) < 4.78 is 0. The fraction of sp³-hybridized carbons (Fsp3) is 0.833. The molecule has 5 fully saturated rings. The van der Waals surface area contributed by atoms with Crippen molar-refractivity contribution in [2.75, 3.05) is 0 Å². The third-order valence-corrected chi connectivity index (χ3v) is 9.59. The van der Waals surface area contributed by atoms with Gasteiger partial charge in [0, 0.05) is 29.7 Å². The molecule has 7 atom stereocenters. The van der Waals surface area contributed by atoms with Crippen LogP contribution in [0.15, 0.2) is 23.0 Å². The van der Waals surface area contributed by atoms with Gasteiger partial charge in [-0.25, -0.2) is 0 Å². The molecule has 0 aromatic heterocycles. The van der Waals surface area contributed by atoms with Gasteiger partial charge in [0.05, 0.1) is 11.7 Å². The molecule has 140 valence electrons. The molecule has 0 radical (unpaired) electrons. The SMILES string of the molecule is C1=C2C3=C(CC1)N1C4CCCCC4C4CCCC(C41)N3C1CCCCC21. The zero-order valence-electron chi connectivity index (χ0n) is 16.2. The molecule has 0 bridgehead atoms. The highest BCUT2D eigenvalue weighted by Crippen LogP contribution is 2.60. The van der Waals surface area contributed by atoms with Crippen LogP contribution in [-0.4, -0.2) is 34.0 Å². The molecule has 0 spiro atoms. The molecule has 2 heteroatoms. The third kappa shape index (κ3) is 1.71. The number of hydrogen-bond acceptors (Lipinski definition) is 2. The predicted octanol–water partition coefficient (Wildman–Crippen LogP) is 5.22. The summed E-state index contributed by atoms with van der Waals surface area (Å²) in [5, 5.41) is 0. The molecule has 3 aliphatic heterocycles. The van der Waals surface area contributed by atoms with E-state index in [2.05, 4.69) is 15.9 Å². The highest BCUT2D eigenvalue weighted by Gasteiger charge is 2.61. The Morgan fingerprint density at radius 3 is 2.42 bits per heavy atom. The van der Waals surface area contributed by atoms with Crippen LogP contribution in [0.5, 0.6) is 0 Å². The van der Waals surface area contributed by atoms with Crippen molar-refractivity contribution < 1.29 is 0 Å². The maximum atomic E-state index is 3.11. The summed E-state index contributed by atoms with van der Waals surface area (Å²) in [6, 6.07) is 3.51. The van der Waals surface area contributed by atoms with Crippen molar-refractivity contribution in [3.05, 3.63) is 23.0 Å². The maximum absolute atomic E-state index is 3.11. The van der Waals surface area contributed by atoms with Gasteiger partial charge in [0.2, 0.25) is 0 Å². The number of fused-ring (bicyclic) bond motifs is 8.